The van der Waals surface area contributed by atoms with Crippen LogP contribution in [0.3, 0.4) is 0 Å². The van der Waals surface area contributed by atoms with Crippen molar-refractivity contribution in [1.29, 1.82) is 0 Å². The van der Waals surface area contributed by atoms with E-state index in [1.807, 2.05) is 146 Å². The van der Waals surface area contributed by atoms with E-state index in [-0.39, 0.29) is 4.90 Å². The van der Waals surface area contributed by atoms with Crippen molar-refractivity contribution >= 4 is 21.8 Å². The van der Waals surface area contributed by atoms with Crippen LogP contribution in [-0.4, -0.2) is 8.42 Å². The van der Waals surface area contributed by atoms with E-state index in [0.29, 0.717) is 48.3 Å². The summed E-state index contributed by atoms with van der Waals surface area (Å²) >= 11 is 0. The zero-order valence-corrected chi connectivity index (χ0v) is 28.5. The average molecular weight is 683 g/mol. The lowest BCUT2D eigenvalue weighted by Gasteiger charge is -2.17. The van der Waals surface area contributed by atoms with Gasteiger partial charge in [-0.1, -0.05) is 121 Å². The Morgan fingerprint density at radius 2 is 1.02 bits per heavy atom. The molecular formula is C42H38N2O5S. The molecule has 0 bridgehead atoms. The number of hydrogen-bond acceptors (Lipinski definition) is 6. The highest BCUT2D eigenvalue weighted by Crippen LogP contribution is 2.29. The number of aryl methyl sites for hydroxylation is 1. The largest absolute Gasteiger partial charge is 0.489 e. The third-order valence-corrected chi connectivity index (χ3v) is 9.04. The van der Waals surface area contributed by atoms with Crippen LogP contribution >= 0.6 is 0 Å². The van der Waals surface area contributed by atoms with Gasteiger partial charge in [0.05, 0.1) is 10.6 Å². The smallest absolute Gasteiger partial charge is 0.257 e. The molecule has 0 unspecified atom stereocenters. The SMILES string of the molecule is Cc1ccc(S(=O)(=O)NNC(=Cc2ccc(OCc3ccccc3)cc2)c2cc(OCc3ccccc3)cc(OCc3ccccc3)c2)cc1. The van der Waals surface area contributed by atoms with Crippen LogP contribution in [0.2, 0.25) is 0 Å². The lowest BCUT2D eigenvalue weighted by Crippen LogP contribution is -2.36. The maximum absolute atomic E-state index is 13.4. The van der Waals surface area contributed by atoms with E-state index in [2.05, 4.69) is 10.3 Å². The van der Waals surface area contributed by atoms with Gasteiger partial charge < -0.3 is 19.6 Å². The molecule has 8 heteroatoms. The number of sulfonamides is 1. The van der Waals surface area contributed by atoms with Gasteiger partial charge in [0.25, 0.3) is 10.0 Å². The summed E-state index contributed by atoms with van der Waals surface area (Å²) < 4.78 is 45.2. The summed E-state index contributed by atoms with van der Waals surface area (Å²) in [6.45, 7) is 3.05. The molecule has 0 saturated carbocycles. The Labute approximate surface area is 293 Å². The average Bonchev–Trinajstić information content (AvgIpc) is 3.16. The minimum absolute atomic E-state index is 0.140. The van der Waals surface area contributed by atoms with Crippen LogP contribution in [0, 0.1) is 6.92 Å². The Bertz CT molecular complexity index is 2040. The summed E-state index contributed by atoms with van der Waals surface area (Å²) in [6.07, 6.45) is 1.86. The molecule has 0 aromatic heterocycles. The van der Waals surface area contributed by atoms with Gasteiger partial charge in [-0.2, -0.15) is 0 Å². The van der Waals surface area contributed by atoms with Crippen LogP contribution < -0.4 is 24.5 Å². The van der Waals surface area contributed by atoms with Crippen LogP contribution in [-0.2, 0) is 29.8 Å². The molecule has 0 fully saturated rings. The standard InChI is InChI=1S/C42H38N2O5S/c1-32-17-23-41(24-18-32)50(45,46)44-43-42(25-33-19-21-38(22-20-33)47-29-34-11-5-2-6-12-34)37-26-39(48-30-35-13-7-3-8-14-35)28-40(27-37)49-31-36-15-9-4-10-16-36/h2-28,43-44H,29-31H2,1H3. The Balaban J connectivity index is 1.31. The molecule has 2 N–H and O–H groups in total. The van der Waals surface area contributed by atoms with E-state index in [9.17, 15) is 8.42 Å². The molecule has 6 aromatic carbocycles. The summed E-state index contributed by atoms with van der Waals surface area (Å²) in [7, 11) is -3.91. The molecule has 0 saturated heterocycles. The van der Waals surface area contributed by atoms with Gasteiger partial charge >= 0.3 is 0 Å². The predicted molar refractivity (Wildman–Crippen MR) is 198 cm³/mol. The minimum atomic E-state index is -3.91. The molecule has 252 valence electrons. The Hall–Kier alpha value is -5.83. The summed E-state index contributed by atoms with van der Waals surface area (Å²) in [4.78, 5) is 2.71. The van der Waals surface area contributed by atoms with Gasteiger partial charge in [0.15, 0.2) is 0 Å². The van der Waals surface area contributed by atoms with E-state index in [0.717, 1.165) is 27.8 Å². The van der Waals surface area contributed by atoms with Gasteiger partial charge in [-0.25, -0.2) is 8.42 Å². The minimum Gasteiger partial charge on any atom is -0.489 e. The van der Waals surface area contributed by atoms with Gasteiger partial charge in [0.2, 0.25) is 0 Å². The molecular weight excluding hydrogens is 645 g/mol. The van der Waals surface area contributed by atoms with Crippen molar-refractivity contribution in [3.63, 3.8) is 0 Å². The normalized spacial score (nSPS) is 11.5. The first-order valence-electron chi connectivity index (χ1n) is 16.2. The van der Waals surface area contributed by atoms with Crippen molar-refractivity contribution in [2.24, 2.45) is 0 Å². The summed E-state index contributed by atoms with van der Waals surface area (Å²) in [5.74, 6) is 1.84. The van der Waals surface area contributed by atoms with E-state index >= 15 is 0 Å². The molecule has 0 aliphatic carbocycles. The predicted octanol–water partition coefficient (Wildman–Crippen LogP) is 8.71. The third kappa shape index (κ3) is 9.85. The lowest BCUT2D eigenvalue weighted by molar-refractivity contribution is 0.290. The monoisotopic (exact) mass is 682 g/mol. The first kappa shape index (κ1) is 34.0. The molecule has 0 aliphatic rings. The second-order valence-electron chi connectivity index (χ2n) is 11.7. The van der Waals surface area contributed by atoms with Crippen molar-refractivity contribution < 1.29 is 22.6 Å². The second kappa shape index (κ2) is 16.5. The number of rotatable bonds is 15. The van der Waals surface area contributed by atoms with Crippen molar-refractivity contribution in [2.45, 2.75) is 31.6 Å². The van der Waals surface area contributed by atoms with E-state index in [4.69, 9.17) is 14.2 Å². The highest BCUT2D eigenvalue weighted by Gasteiger charge is 2.16. The highest BCUT2D eigenvalue weighted by molar-refractivity contribution is 7.89. The van der Waals surface area contributed by atoms with Crippen LogP contribution in [0.4, 0.5) is 0 Å². The van der Waals surface area contributed by atoms with Crippen molar-refractivity contribution in [3.05, 3.63) is 191 Å². The number of benzene rings is 6. The van der Waals surface area contributed by atoms with Crippen molar-refractivity contribution in [2.75, 3.05) is 0 Å². The van der Waals surface area contributed by atoms with Crippen LogP contribution in [0.25, 0.3) is 11.8 Å². The molecule has 0 heterocycles. The van der Waals surface area contributed by atoms with E-state index in [1.165, 1.54) is 0 Å². The van der Waals surface area contributed by atoms with Gasteiger partial charge in [0.1, 0.15) is 37.1 Å². The zero-order chi connectivity index (χ0) is 34.6. The summed E-state index contributed by atoms with van der Waals surface area (Å²) in [5.41, 5.74) is 8.99. The molecule has 0 atom stereocenters. The van der Waals surface area contributed by atoms with Gasteiger partial charge in [-0.05, 0) is 71.7 Å². The number of ether oxygens (including phenoxy) is 3. The quantitative estimate of drug-likeness (QED) is 0.0833. The number of hydrogen-bond donors (Lipinski definition) is 2. The molecule has 0 radical (unpaired) electrons. The molecule has 0 amide bonds. The van der Waals surface area contributed by atoms with E-state index < -0.39 is 10.0 Å². The fourth-order valence-corrected chi connectivity index (χ4v) is 5.89. The van der Waals surface area contributed by atoms with E-state index in [1.54, 1.807) is 24.3 Å². The molecule has 0 aliphatic heterocycles. The molecule has 6 rings (SSSR count). The fraction of sp³-hybridized carbons (Fsp3) is 0.0952. The van der Waals surface area contributed by atoms with Crippen LogP contribution in [0.1, 0.15) is 33.4 Å². The lowest BCUT2D eigenvalue weighted by atomic mass is 10.1. The van der Waals surface area contributed by atoms with Crippen LogP contribution in [0.15, 0.2) is 163 Å². The fourth-order valence-electron chi connectivity index (χ4n) is 5.03. The Morgan fingerprint density at radius 1 is 0.560 bits per heavy atom. The number of hydrazine groups is 1. The van der Waals surface area contributed by atoms with Crippen molar-refractivity contribution in [3.8, 4) is 17.2 Å². The maximum atomic E-state index is 13.4. The molecule has 50 heavy (non-hydrogen) atoms. The van der Waals surface area contributed by atoms with Gasteiger partial charge in [-0.3, -0.25) is 0 Å². The Morgan fingerprint density at radius 3 is 1.50 bits per heavy atom. The summed E-state index contributed by atoms with van der Waals surface area (Å²) in [6, 6.07) is 49.6. The Kier molecular flexibility index (Phi) is 11.2. The van der Waals surface area contributed by atoms with Gasteiger partial charge in [0, 0.05) is 11.6 Å². The highest BCUT2D eigenvalue weighted by atomic mass is 32.2. The zero-order valence-electron chi connectivity index (χ0n) is 27.7. The maximum Gasteiger partial charge on any atom is 0.257 e. The first-order chi connectivity index (χ1) is 24.4. The number of nitrogens with one attached hydrogen (secondary N) is 2. The first-order valence-corrected chi connectivity index (χ1v) is 17.7. The summed E-state index contributed by atoms with van der Waals surface area (Å²) in [5, 5.41) is 0. The van der Waals surface area contributed by atoms with Crippen molar-refractivity contribution in [1.82, 2.24) is 10.3 Å². The third-order valence-electron chi connectivity index (χ3n) is 7.78. The molecule has 6 aromatic rings. The molecule has 0 spiro atoms. The second-order valence-corrected chi connectivity index (χ2v) is 13.4. The van der Waals surface area contributed by atoms with Gasteiger partial charge in [-0.15, -0.1) is 4.83 Å². The van der Waals surface area contributed by atoms with Crippen LogP contribution in [0.5, 0.6) is 17.2 Å². The molecule has 7 nitrogen and oxygen atoms in total. The topological polar surface area (TPSA) is 85.9 Å².